The zero-order chi connectivity index (χ0) is 18.4. The number of primary amides is 1. The first-order valence-electron chi connectivity index (χ1n) is 8.55. The first-order valence-corrected chi connectivity index (χ1v) is 9.36. The molecule has 2 amide bonds. The van der Waals surface area contributed by atoms with Crippen LogP contribution in [0.2, 0.25) is 0 Å². The van der Waals surface area contributed by atoms with Crippen LogP contribution in [0.5, 0.6) is 0 Å². The summed E-state index contributed by atoms with van der Waals surface area (Å²) in [5.74, 6) is 0. The predicted molar refractivity (Wildman–Crippen MR) is 102 cm³/mol. The van der Waals surface area contributed by atoms with Crippen molar-refractivity contribution in [1.29, 1.82) is 0 Å². The SMILES string of the molecule is Cc1ccc(-c2nn(C(C)C)c3c2CCc2nc(NC(N)=O)sc2-3)cn1. The second-order valence-electron chi connectivity index (χ2n) is 6.69. The van der Waals surface area contributed by atoms with Crippen molar-refractivity contribution in [3.63, 3.8) is 0 Å². The van der Waals surface area contributed by atoms with E-state index >= 15 is 0 Å². The van der Waals surface area contributed by atoms with Crippen molar-refractivity contribution in [2.24, 2.45) is 5.73 Å². The first kappa shape index (κ1) is 16.7. The summed E-state index contributed by atoms with van der Waals surface area (Å²) in [5.41, 5.74) is 11.5. The molecule has 8 heteroatoms. The lowest BCUT2D eigenvalue weighted by atomic mass is 9.95. The van der Waals surface area contributed by atoms with Crippen LogP contribution in [0.15, 0.2) is 18.3 Å². The molecule has 7 nitrogen and oxygen atoms in total. The van der Waals surface area contributed by atoms with Crippen LogP contribution < -0.4 is 11.1 Å². The van der Waals surface area contributed by atoms with Crippen molar-refractivity contribution in [3.05, 3.63) is 35.3 Å². The molecule has 0 aromatic carbocycles. The zero-order valence-corrected chi connectivity index (χ0v) is 15.7. The maximum absolute atomic E-state index is 11.2. The average molecular weight is 368 g/mol. The van der Waals surface area contributed by atoms with Gasteiger partial charge in [-0.3, -0.25) is 15.0 Å². The van der Waals surface area contributed by atoms with Gasteiger partial charge in [0, 0.05) is 29.1 Å². The maximum atomic E-state index is 11.2. The second kappa shape index (κ2) is 6.21. The van der Waals surface area contributed by atoms with Gasteiger partial charge in [0.25, 0.3) is 0 Å². The molecule has 3 aromatic rings. The number of nitrogens with zero attached hydrogens (tertiary/aromatic N) is 4. The number of thiazole rings is 1. The average Bonchev–Trinajstić information content (AvgIpc) is 3.15. The van der Waals surface area contributed by atoms with Gasteiger partial charge in [-0.1, -0.05) is 11.3 Å². The number of carbonyl (C=O) groups is 1. The molecular formula is C18H20N6OS. The molecule has 3 heterocycles. The Labute approximate surface area is 155 Å². The van der Waals surface area contributed by atoms with Gasteiger partial charge in [0.1, 0.15) is 0 Å². The van der Waals surface area contributed by atoms with Gasteiger partial charge in [-0.25, -0.2) is 9.78 Å². The molecule has 0 bridgehead atoms. The Hall–Kier alpha value is -2.74. The Kier molecular flexibility index (Phi) is 3.99. The highest BCUT2D eigenvalue weighted by Gasteiger charge is 2.30. The largest absolute Gasteiger partial charge is 0.351 e. The van der Waals surface area contributed by atoms with Crippen molar-refractivity contribution < 1.29 is 4.79 Å². The van der Waals surface area contributed by atoms with Crippen molar-refractivity contribution in [2.45, 2.75) is 39.7 Å². The van der Waals surface area contributed by atoms with Gasteiger partial charge in [0.2, 0.25) is 0 Å². The van der Waals surface area contributed by atoms with Crippen molar-refractivity contribution in [1.82, 2.24) is 19.7 Å². The number of anilines is 1. The molecule has 1 aliphatic carbocycles. The Bertz CT molecular complexity index is 986. The monoisotopic (exact) mass is 368 g/mol. The lowest BCUT2D eigenvalue weighted by Crippen LogP contribution is -2.19. The van der Waals surface area contributed by atoms with Crippen LogP contribution in [0.3, 0.4) is 0 Å². The third-order valence-corrected chi connectivity index (χ3v) is 5.46. The summed E-state index contributed by atoms with van der Waals surface area (Å²) in [7, 11) is 0. The summed E-state index contributed by atoms with van der Waals surface area (Å²) >= 11 is 1.45. The molecular weight excluding hydrogens is 348 g/mol. The number of nitrogens with one attached hydrogen (secondary N) is 1. The molecule has 0 unspecified atom stereocenters. The summed E-state index contributed by atoms with van der Waals surface area (Å²) in [6.45, 7) is 6.20. The number of fused-ring (bicyclic) bond motifs is 3. The number of amides is 2. The molecule has 0 fully saturated rings. The van der Waals surface area contributed by atoms with Gasteiger partial charge >= 0.3 is 6.03 Å². The van der Waals surface area contributed by atoms with E-state index in [2.05, 4.69) is 39.9 Å². The third kappa shape index (κ3) is 2.76. The summed E-state index contributed by atoms with van der Waals surface area (Å²) in [6, 6.07) is 3.68. The van der Waals surface area contributed by atoms with E-state index in [0.29, 0.717) is 5.13 Å². The zero-order valence-electron chi connectivity index (χ0n) is 14.9. The summed E-state index contributed by atoms with van der Waals surface area (Å²) < 4.78 is 2.05. The number of aryl methyl sites for hydroxylation is 2. The summed E-state index contributed by atoms with van der Waals surface area (Å²) in [4.78, 5) is 21.2. The van der Waals surface area contributed by atoms with Crippen LogP contribution in [0.25, 0.3) is 21.8 Å². The molecule has 1 aliphatic rings. The Balaban J connectivity index is 1.88. The smallest absolute Gasteiger partial charge is 0.318 e. The lowest BCUT2D eigenvalue weighted by Gasteiger charge is -2.15. The highest BCUT2D eigenvalue weighted by molar-refractivity contribution is 7.19. The van der Waals surface area contributed by atoms with E-state index in [1.807, 2.05) is 19.2 Å². The van der Waals surface area contributed by atoms with Crippen molar-refractivity contribution >= 4 is 22.5 Å². The van der Waals surface area contributed by atoms with Gasteiger partial charge in [-0.15, -0.1) is 0 Å². The second-order valence-corrected chi connectivity index (χ2v) is 7.69. The van der Waals surface area contributed by atoms with Gasteiger partial charge in [0.05, 0.1) is 22.0 Å². The lowest BCUT2D eigenvalue weighted by molar-refractivity contribution is 0.259. The number of nitrogens with two attached hydrogens (primary N) is 1. The fraction of sp³-hybridized carbons (Fsp3) is 0.333. The number of rotatable bonds is 3. The van der Waals surface area contributed by atoms with E-state index in [0.717, 1.165) is 46.1 Å². The minimum absolute atomic E-state index is 0.205. The van der Waals surface area contributed by atoms with Crippen LogP contribution in [0.1, 0.15) is 36.8 Å². The standard InChI is InChI=1S/C18H20N6OS/c1-9(2)24-15-12(14(23-24)11-5-4-10(3)20-8-11)6-7-13-16(15)26-18(21-13)22-17(19)25/h4-5,8-9H,6-7H2,1-3H3,(H3,19,21,22,25). The number of hydrogen-bond donors (Lipinski definition) is 2. The van der Waals surface area contributed by atoms with E-state index in [1.54, 1.807) is 0 Å². The molecule has 0 spiro atoms. The Morgan fingerprint density at radius 3 is 2.81 bits per heavy atom. The molecule has 0 saturated carbocycles. The molecule has 4 rings (SSSR count). The maximum Gasteiger partial charge on any atom is 0.318 e. The first-order chi connectivity index (χ1) is 12.4. The van der Waals surface area contributed by atoms with E-state index < -0.39 is 6.03 Å². The fourth-order valence-corrected chi connectivity index (χ4v) is 4.35. The minimum atomic E-state index is -0.597. The number of pyridine rings is 1. The fourth-order valence-electron chi connectivity index (χ4n) is 3.27. The number of hydrogen-bond acceptors (Lipinski definition) is 5. The van der Waals surface area contributed by atoms with Crippen LogP contribution >= 0.6 is 11.3 Å². The molecule has 0 saturated heterocycles. The molecule has 3 aromatic heterocycles. The Morgan fingerprint density at radius 1 is 1.35 bits per heavy atom. The van der Waals surface area contributed by atoms with E-state index in [9.17, 15) is 4.79 Å². The third-order valence-electron chi connectivity index (χ3n) is 4.44. The predicted octanol–water partition coefficient (Wildman–Crippen LogP) is 3.55. The van der Waals surface area contributed by atoms with Gasteiger partial charge in [-0.2, -0.15) is 5.10 Å². The normalized spacial score (nSPS) is 12.8. The highest BCUT2D eigenvalue weighted by Crippen LogP contribution is 2.43. The van der Waals surface area contributed by atoms with Crippen LogP contribution in [0, 0.1) is 6.92 Å². The molecule has 26 heavy (non-hydrogen) atoms. The topological polar surface area (TPSA) is 98.7 Å². The molecule has 0 aliphatic heterocycles. The van der Waals surface area contributed by atoms with E-state index in [1.165, 1.54) is 16.9 Å². The van der Waals surface area contributed by atoms with Crippen LogP contribution in [-0.4, -0.2) is 25.8 Å². The highest BCUT2D eigenvalue weighted by atomic mass is 32.1. The number of carbonyl (C=O) groups excluding carboxylic acids is 1. The van der Waals surface area contributed by atoms with E-state index in [-0.39, 0.29) is 6.04 Å². The number of aromatic nitrogens is 4. The minimum Gasteiger partial charge on any atom is -0.351 e. The number of urea groups is 1. The molecule has 134 valence electrons. The Morgan fingerprint density at radius 2 is 2.15 bits per heavy atom. The summed E-state index contributed by atoms with van der Waals surface area (Å²) in [6.07, 6.45) is 3.55. The quantitative estimate of drug-likeness (QED) is 0.738. The molecule has 3 N–H and O–H groups in total. The van der Waals surface area contributed by atoms with Gasteiger partial charge in [-0.05, 0) is 45.7 Å². The van der Waals surface area contributed by atoms with Gasteiger partial charge in [0.15, 0.2) is 5.13 Å². The van der Waals surface area contributed by atoms with Crippen molar-refractivity contribution in [3.8, 4) is 21.8 Å². The van der Waals surface area contributed by atoms with E-state index in [4.69, 9.17) is 10.8 Å². The molecule has 0 atom stereocenters. The van der Waals surface area contributed by atoms with Crippen molar-refractivity contribution in [2.75, 3.05) is 5.32 Å². The summed E-state index contributed by atoms with van der Waals surface area (Å²) in [5, 5.41) is 8.03. The van der Waals surface area contributed by atoms with Crippen LogP contribution in [0.4, 0.5) is 9.93 Å². The molecule has 0 radical (unpaired) electrons. The van der Waals surface area contributed by atoms with Crippen LogP contribution in [-0.2, 0) is 12.8 Å². The van der Waals surface area contributed by atoms with Gasteiger partial charge < -0.3 is 5.73 Å².